The highest BCUT2D eigenvalue weighted by Crippen LogP contribution is 2.23. The van der Waals surface area contributed by atoms with Crippen LogP contribution in [0.5, 0.6) is 0 Å². The molecule has 0 bridgehead atoms. The molecular formula is C15H27N3O2. The van der Waals surface area contributed by atoms with Gasteiger partial charge in [-0.15, -0.1) is 0 Å². The van der Waals surface area contributed by atoms with Crippen LogP contribution in [0.3, 0.4) is 0 Å². The Hall–Kier alpha value is -1.10. The number of hydrogen-bond donors (Lipinski definition) is 1. The van der Waals surface area contributed by atoms with Gasteiger partial charge in [0.2, 0.25) is 11.8 Å². The molecule has 114 valence electrons. The van der Waals surface area contributed by atoms with Gasteiger partial charge in [-0.25, -0.2) is 0 Å². The quantitative estimate of drug-likeness (QED) is 0.835. The summed E-state index contributed by atoms with van der Waals surface area (Å²) in [6.45, 7) is 4.95. The van der Waals surface area contributed by atoms with Crippen molar-refractivity contribution in [1.82, 2.24) is 9.80 Å². The Balaban J connectivity index is 2.00. The Labute approximate surface area is 121 Å². The lowest BCUT2D eigenvalue weighted by Crippen LogP contribution is -2.52. The summed E-state index contributed by atoms with van der Waals surface area (Å²) >= 11 is 0. The molecule has 2 atom stereocenters. The van der Waals surface area contributed by atoms with Gasteiger partial charge in [-0.05, 0) is 44.6 Å². The third-order valence-corrected chi connectivity index (χ3v) is 4.50. The van der Waals surface area contributed by atoms with Crippen LogP contribution in [0.25, 0.3) is 0 Å². The minimum Gasteiger partial charge on any atom is -0.341 e. The van der Waals surface area contributed by atoms with Gasteiger partial charge in [-0.1, -0.05) is 6.92 Å². The molecule has 0 aromatic carbocycles. The SMILES string of the molecule is CCCC(=O)N1CCCCC1C(=O)N1CCC(CN)C1. The number of nitrogens with two attached hydrogens (primary N) is 1. The van der Waals surface area contributed by atoms with Crippen LogP contribution in [0.4, 0.5) is 0 Å². The zero-order valence-electron chi connectivity index (χ0n) is 12.5. The summed E-state index contributed by atoms with van der Waals surface area (Å²) in [5.74, 6) is 0.715. The van der Waals surface area contributed by atoms with Crippen molar-refractivity contribution in [2.45, 2.75) is 51.5 Å². The first kappa shape index (κ1) is 15.3. The Kier molecular flexibility index (Phi) is 5.40. The van der Waals surface area contributed by atoms with E-state index in [1.54, 1.807) is 0 Å². The number of nitrogens with zero attached hydrogens (tertiary/aromatic N) is 2. The molecule has 2 N–H and O–H groups in total. The molecule has 0 aromatic heterocycles. The summed E-state index contributed by atoms with van der Waals surface area (Å²) in [5.41, 5.74) is 5.69. The van der Waals surface area contributed by atoms with Crippen molar-refractivity contribution in [2.75, 3.05) is 26.2 Å². The van der Waals surface area contributed by atoms with Crippen molar-refractivity contribution in [1.29, 1.82) is 0 Å². The van der Waals surface area contributed by atoms with E-state index in [4.69, 9.17) is 5.73 Å². The number of piperidine rings is 1. The molecule has 2 heterocycles. The number of hydrogen-bond acceptors (Lipinski definition) is 3. The van der Waals surface area contributed by atoms with Gasteiger partial charge in [-0.2, -0.15) is 0 Å². The lowest BCUT2D eigenvalue weighted by molar-refractivity contribution is -0.147. The maximum Gasteiger partial charge on any atom is 0.245 e. The highest BCUT2D eigenvalue weighted by atomic mass is 16.2. The fraction of sp³-hybridized carbons (Fsp3) is 0.867. The van der Waals surface area contributed by atoms with Crippen molar-refractivity contribution >= 4 is 11.8 Å². The van der Waals surface area contributed by atoms with Gasteiger partial charge in [-0.3, -0.25) is 9.59 Å². The van der Waals surface area contributed by atoms with Crippen molar-refractivity contribution in [3.8, 4) is 0 Å². The first-order valence-electron chi connectivity index (χ1n) is 7.95. The smallest absolute Gasteiger partial charge is 0.245 e. The maximum absolute atomic E-state index is 12.7. The minimum atomic E-state index is -0.223. The molecule has 2 unspecified atom stereocenters. The first-order valence-corrected chi connectivity index (χ1v) is 7.95. The van der Waals surface area contributed by atoms with E-state index in [-0.39, 0.29) is 17.9 Å². The number of carbonyl (C=O) groups is 2. The van der Waals surface area contributed by atoms with Gasteiger partial charge in [0, 0.05) is 26.1 Å². The molecule has 0 spiro atoms. The molecule has 2 saturated heterocycles. The topological polar surface area (TPSA) is 66.6 Å². The molecule has 0 radical (unpaired) electrons. The van der Waals surface area contributed by atoms with Crippen molar-refractivity contribution in [3.63, 3.8) is 0 Å². The van der Waals surface area contributed by atoms with E-state index >= 15 is 0 Å². The lowest BCUT2D eigenvalue weighted by Gasteiger charge is -2.37. The third-order valence-electron chi connectivity index (χ3n) is 4.50. The van der Waals surface area contributed by atoms with Crippen LogP contribution in [0.1, 0.15) is 45.4 Å². The van der Waals surface area contributed by atoms with Crippen LogP contribution >= 0.6 is 0 Å². The molecule has 5 nitrogen and oxygen atoms in total. The van der Waals surface area contributed by atoms with Crippen LogP contribution < -0.4 is 5.73 Å². The summed E-state index contributed by atoms with van der Waals surface area (Å²) < 4.78 is 0. The number of rotatable bonds is 4. The largest absolute Gasteiger partial charge is 0.341 e. The Morgan fingerprint density at radius 1 is 1.20 bits per heavy atom. The Morgan fingerprint density at radius 3 is 2.65 bits per heavy atom. The average Bonchev–Trinajstić information content (AvgIpc) is 2.95. The Morgan fingerprint density at radius 2 is 2.00 bits per heavy atom. The molecule has 0 aliphatic carbocycles. The van der Waals surface area contributed by atoms with Crippen LogP contribution in [0, 0.1) is 5.92 Å². The van der Waals surface area contributed by atoms with Gasteiger partial charge in [0.25, 0.3) is 0 Å². The highest BCUT2D eigenvalue weighted by Gasteiger charge is 2.36. The summed E-state index contributed by atoms with van der Waals surface area (Å²) in [7, 11) is 0. The summed E-state index contributed by atoms with van der Waals surface area (Å²) in [5, 5.41) is 0. The first-order chi connectivity index (χ1) is 9.67. The molecule has 2 amide bonds. The summed E-state index contributed by atoms with van der Waals surface area (Å²) in [4.78, 5) is 28.6. The standard InChI is InChI=1S/C15H27N3O2/c1-2-5-14(19)18-8-4-3-6-13(18)15(20)17-9-7-12(10-16)11-17/h12-13H,2-11,16H2,1H3. The van der Waals surface area contributed by atoms with Crippen LogP contribution in [-0.2, 0) is 9.59 Å². The summed E-state index contributed by atoms with van der Waals surface area (Å²) in [6.07, 6.45) is 5.27. The number of likely N-dealkylation sites (tertiary alicyclic amines) is 2. The van der Waals surface area contributed by atoms with Gasteiger partial charge >= 0.3 is 0 Å². The molecule has 2 fully saturated rings. The van der Waals surface area contributed by atoms with Crippen molar-refractivity contribution in [2.24, 2.45) is 11.7 Å². The maximum atomic E-state index is 12.7. The van der Waals surface area contributed by atoms with Gasteiger partial charge in [0.15, 0.2) is 0 Å². The lowest BCUT2D eigenvalue weighted by atomic mass is 10.00. The second kappa shape index (κ2) is 7.07. The van der Waals surface area contributed by atoms with E-state index in [1.165, 1.54) is 0 Å². The zero-order valence-corrected chi connectivity index (χ0v) is 12.5. The van der Waals surface area contributed by atoms with E-state index in [1.807, 2.05) is 16.7 Å². The van der Waals surface area contributed by atoms with Crippen LogP contribution in [0.2, 0.25) is 0 Å². The van der Waals surface area contributed by atoms with Crippen molar-refractivity contribution in [3.05, 3.63) is 0 Å². The normalized spacial score (nSPS) is 26.9. The number of carbonyl (C=O) groups excluding carboxylic acids is 2. The van der Waals surface area contributed by atoms with E-state index in [9.17, 15) is 9.59 Å². The Bertz CT molecular complexity index is 359. The van der Waals surface area contributed by atoms with Gasteiger partial charge in [0.05, 0.1) is 0 Å². The molecule has 5 heteroatoms. The predicted octanol–water partition coefficient (Wildman–Crippen LogP) is 0.975. The van der Waals surface area contributed by atoms with Gasteiger partial charge in [0.1, 0.15) is 6.04 Å². The van der Waals surface area contributed by atoms with E-state index in [2.05, 4.69) is 0 Å². The minimum absolute atomic E-state index is 0.139. The third kappa shape index (κ3) is 3.32. The molecule has 2 aliphatic heterocycles. The van der Waals surface area contributed by atoms with Crippen molar-refractivity contribution < 1.29 is 9.59 Å². The van der Waals surface area contributed by atoms with E-state index in [0.717, 1.165) is 51.7 Å². The van der Waals surface area contributed by atoms with Crippen LogP contribution in [-0.4, -0.2) is 53.8 Å². The highest BCUT2D eigenvalue weighted by molar-refractivity contribution is 5.88. The molecule has 0 saturated carbocycles. The molecular weight excluding hydrogens is 254 g/mol. The molecule has 2 aliphatic rings. The monoisotopic (exact) mass is 281 g/mol. The molecule has 2 rings (SSSR count). The summed E-state index contributed by atoms with van der Waals surface area (Å²) in [6, 6.07) is -0.223. The zero-order chi connectivity index (χ0) is 14.5. The molecule has 0 aromatic rings. The predicted molar refractivity (Wildman–Crippen MR) is 78.0 cm³/mol. The average molecular weight is 281 g/mol. The second-order valence-corrected chi connectivity index (χ2v) is 6.02. The van der Waals surface area contributed by atoms with E-state index < -0.39 is 0 Å². The van der Waals surface area contributed by atoms with Crippen LogP contribution in [0.15, 0.2) is 0 Å². The fourth-order valence-electron chi connectivity index (χ4n) is 3.28. The second-order valence-electron chi connectivity index (χ2n) is 6.02. The number of amides is 2. The molecule has 20 heavy (non-hydrogen) atoms. The fourth-order valence-corrected chi connectivity index (χ4v) is 3.28. The van der Waals surface area contributed by atoms with E-state index in [0.29, 0.717) is 18.9 Å². The van der Waals surface area contributed by atoms with Gasteiger partial charge < -0.3 is 15.5 Å².